The summed E-state index contributed by atoms with van der Waals surface area (Å²) in [5.41, 5.74) is 0. The Morgan fingerprint density at radius 1 is 1.29 bits per heavy atom. The fourth-order valence-electron chi connectivity index (χ4n) is 1.71. The summed E-state index contributed by atoms with van der Waals surface area (Å²) in [6, 6.07) is -0.0181. The van der Waals surface area contributed by atoms with Crippen molar-refractivity contribution in [2.45, 2.75) is 39.7 Å². The summed E-state index contributed by atoms with van der Waals surface area (Å²) in [6.07, 6.45) is 2.34. The molecule has 1 N–H and O–H groups in total. The van der Waals surface area contributed by atoms with Crippen molar-refractivity contribution in [3.8, 4) is 0 Å². The Morgan fingerprint density at radius 2 is 1.86 bits per heavy atom. The van der Waals surface area contributed by atoms with Crippen LogP contribution in [0.1, 0.15) is 33.6 Å². The first-order valence-corrected chi connectivity index (χ1v) is 5.63. The molecule has 1 heterocycles. The quantitative estimate of drug-likeness (QED) is 0.737. The zero-order valence-corrected chi connectivity index (χ0v) is 9.55. The van der Waals surface area contributed by atoms with Gasteiger partial charge in [0.25, 0.3) is 0 Å². The van der Waals surface area contributed by atoms with E-state index in [1.54, 1.807) is 0 Å². The van der Waals surface area contributed by atoms with Gasteiger partial charge in [-0.2, -0.15) is 0 Å². The number of rotatable bonds is 4. The van der Waals surface area contributed by atoms with Gasteiger partial charge in [-0.25, -0.2) is 0 Å². The maximum Gasteiger partial charge on any atom is 0.239 e. The van der Waals surface area contributed by atoms with Crippen LogP contribution in [0.3, 0.4) is 0 Å². The summed E-state index contributed by atoms with van der Waals surface area (Å²) >= 11 is 0. The molecule has 1 saturated heterocycles. The van der Waals surface area contributed by atoms with E-state index in [2.05, 4.69) is 19.2 Å². The number of nitrogens with zero attached hydrogens (tertiary/aromatic N) is 1. The lowest BCUT2D eigenvalue weighted by atomic mass is 10.2. The molecule has 0 bridgehead atoms. The van der Waals surface area contributed by atoms with E-state index in [0.717, 1.165) is 19.6 Å². The Kier molecular flexibility index (Phi) is 4.39. The number of likely N-dealkylation sites (tertiary alicyclic amines) is 1. The minimum atomic E-state index is -0.0181. The van der Waals surface area contributed by atoms with E-state index in [-0.39, 0.29) is 11.9 Å². The highest BCUT2D eigenvalue weighted by Crippen LogP contribution is 2.08. The maximum atomic E-state index is 11.8. The van der Waals surface area contributed by atoms with E-state index in [4.69, 9.17) is 0 Å². The molecule has 3 nitrogen and oxygen atoms in total. The molecule has 1 amide bonds. The van der Waals surface area contributed by atoms with Crippen LogP contribution in [0.4, 0.5) is 0 Å². The number of hydrogen-bond acceptors (Lipinski definition) is 2. The van der Waals surface area contributed by atoms with E-state index >= 15 is 0 Å². The second-order valence-electron chi connectivity index (χ2n) is 4.56. The lowest BCUT2D eigenvalue weighted by Crippen LogP contribution is -2.44. The van der Waals surface area contributed by atoms with E-state index in [9.17, 15) is 4.79 Å². The number of hydrogen-bond donors (Lipinski definition) is 1. The van der Waals surface area contributed by atoms with E-state index in [1.807, 2.05) is 11.8 Å². The standard InChI is InChI=1S/C11H22N2O/c1-9(2)8-12-10(3)11(14)13-6-4-5-7-13/h9-10,12H,4-8H2,1-3H3. The molecule has 1 aliphatic heterocycles. The molecule has 0 aromatic carbocycles. The van der Waals surface area contributed by atoms with E-state index in [0.29, 0.717) is 5.92 Å². The van der Waals surface area contributed by atoms with E-state index in [1.165, 1.54) is 12.8 Å². The summed E-state index contributed by atoms with van der Waals surface area (Å²) in [5.74, 6) is 0.868. The Bertz CT molecular complexity index is 186. The monoisotopic (exact) mass is 198 g/mol. The SMILES string of the molecule is CC(C)CNC(C)C(=O)N1CCCC1. The van der Waals surface area contributed by atoms with Crippen LogP contribution in [0.25, 0.3) is 0 Å². The van der Waals surface area contributed by atoms with Gasteiger partial charge in [-0.3, -0.25) is 4.79 Å². The first kappa shape index (κ1) is 11.5. The highest BCUT2D eigenvalue weighted by atomic mass is 16.2. The highest BCUT2D eigenvalue weighted by molar-refractivity contribution is 5.81. The van der Waals surface area contributed by atoms with Gasteiger partial charge in [-0.1, -0.05) is 13.8 Å². The van der Waals surface area contributed by atoms with Crippen molar-refractivity contribution in [1.82, 2.24) is 10.2 Å². The molecule has 82 valence electrons. The molecular weight excluding hydrogens is 176 g/mol. The van der Waals surface area contributed by atoms with Crippen molar-refractivity contribution in [3.63, 3.8) is 0 Å². The van der Waals surface area contributed by atoms with Gasteiger partial charge in [0.1, 0.15) is 0 Å². The highest BCUT2D eigenvalue weighted by Gasteiger charge is 2.22. The predicted molar refractivity (Wildman–Crippen MR) is 58.1 cm³/mol. The first-order valence-electron chi connectivity index (χ1n) is 5.63. The number of carbonyl (C=O) groups is 1. The zero-order chi connectivity index (χ0) is 10.6. The molecule has 1 atom stereocenters. The average Bonchev–Trinajstić information content (AvgIpc) is 2.65. The summed E-state index contributed by atoms with van der Waals surface area (Å²) in [7, 11) is 0. The normalized spacial score (nSPS) is 19.0. The second kappa shape index (κ2) is 5.35. The van der Waals surface area contributed by atoms with Crippen LogP contribution in [0, 0.1) is 5.92 Å². The van der Waals surface area contributed by atoms with Crippen molar-refractivity contribution in [3.05, 3.63) is 0 Å². The lowest BCUT2D eigenvalue weighted by molar-refractivity contribution is -0.131. The largest absolute Gasteiger partial charge is 0.341 e. The smallest absolute Gasteiger partial charge is 0.239 e. The molecule has 1 rings (SSSR count). The molecular formula is C11H22N2O. The molecule has 14 heavy (non-hydrogen) atoms. The van der Waals surface area contributed by atoms with Gasteiger partial charge in [-0.15, -0.1) is 0 Å². The zero-order valence-electron chi connectivity index (χ0n) is 9.55. The fourth-order valence-corrected chi connectivity index (χ4v) is 1.71. The molecule has 0 aromatic heterocycles. The fraction of sp³-hybridized carbons (Fsp3) is 0.909. The van der Waals surface area contributed by atoms with Crippen LogP contribution < -0.4 is 5.32 Å². The summed E-state index contributed by atoms with van der Waals surface area (Å²) in [4.78, 5) is 13.8. The lowest BCUT2D eigenvalue weighted by Gasteiger charge is -2.21. The molecule has 1 fully saturated rings. The van der Waals surface area contributed by atoms with Crippen LogP contribution in [0.15, 0.2) is 0 Å². The van der Waals surface area contributed by atoms with Crippen molar-refractivity contribution in [2.24, 2.45) is 5.92 Å². The Labute approximate surface area is 86.9 Å². The van der Waals surface area contributed by atoms with Crippen LogP contribution in [0.2, 0.25) is 0 Å². The van der Waals surface area contributed by atoms with Gasteiger partial charge in [-0.05, 0) is 32.2 Å². The maximum absolute atomic E-state index is 11.8. The minimum Gasteiger partial charge on any atom is -0.341 e. The Morgan fingerprint density at radius 3 is 2.36 bits per heavy atom. The van der Waals surface area contributed by atoms with Crippen molar-refractivity contribution < 1.29 is 4.79 Å². The van der Waals surface area contributed by atoms with Gasteiger partial charge < -0.3 is 10.2 Å². The molecule has 1 aliphatic rings. The van der Waals surface area contributed by atoms with Gasteiger partial charge >= 0.3 is 0 Å². The van der Waals surface area contributed by atoms with Gasteiger partial charge in [0.05, 0.1) is 6.04 Å². The van der Waals surface area contributed by atoms with Crippen LogP contribution in [-0.2, 0) is 4.79 Å². The number of amides is 1. The van der Waals surface area contributed by atoms with Crippen molar-refractivity contribution >= 4 is 5.91 Å². The summed E-state index contributed by atoms with van der Waals surface area (Å²) in [5, 5.41) is 3.27. The molecule has 0 saturated carbocycles. The first-order chi connectivity index (χ1) is 6.61. The molecule has 0 aliphatic carbocycles. The minimum absolute atomic E-state index is 0.0181. The van der Waals surface area contributed by atoms with E-state index < -0.39 is 0 Å². The third-order valence-electron chi connectivity index (χ3n) is 2.62. The van der Waals surface area contributed by atoms with Crippen LogP contribution in [-0.4, -0.2) is 36.5 Å². The number of carbonyl (C=O) groups excluding carboxylic acids is 1. The topological polar surface area (TPSA) is 32.3 Å². The van der Waals surface area contributed by atoms with Crippen molar-refractivity contribution in [2.75, 3.05) is 19.6 Å². The van der Waals surface area contributed by atoms with Crippen LogP contribution in [0.5, 0.6) is 0 Å². The predicted octanol–water partition coefficient (Wildman–Crippen LogP) is 1.24. The van der Waals surface area contributed by atoms with Gasteiger partial charge in [0.15, 0.2) is 0 Å². The Balaban J connectivity index is 2.28. The summed E-state index contributed by atoms with van der Waals surface area (Å²) in [6.45, 7) is 9.09. The third-order valence-corrected chi connectivity index (χ3v) is 2.62. The summed E-state index contributed by atoms with van der Waals surface area (Å²) < 4.78 is 0. The second-order valence-corrected chi connectivity index (χ2v) is 4.56. The third kappa shape index (κ3) is 3.29. The Hall–Kier alpha value is -0.570. The van der Waals surface area contributed by atoms with Gasteiger partial charge in [0.2, 0.25) is 5.91 Å². The molecule has 3 heteroatoms. The van der Waals surface area contributed by atoms with Crippen LogP contribution >= 0.6 is 0 Å². The van der Waals surface area contributed by atoms with Crippen molar-refractivity contribution in [1.29, 1.82) is 0 Å². The molecule has 1 unspecified atom stereocenters. The van der Waals surface area contributed by atoms with Gasteiger partial charge in [0, 0.05) is 13.1 Å². The molecule has 0 radical (unpaired) electrons. The average molecular weight is 198 g/mol. The molecule has 0 aromatic rings. The number of nitrogens with one attached hydrogen (secondary N) is 1. The molecule has 0 spiro atoms.